The first kappa shape index (κ1) is 16.3. The largest absolute Gasteiger partial charge is 0.496 e. The van der Waals surface area contributed by atoms with Crippen molar-refractivity contribution in [1.82, 2.24) is 5.32 Å². The number of ether oxygens (including phenoxy) is 1. The fraction of sp³-hybridized carbons (Fsp3) is 0.600. The standard InChI is InChI=1S/C15H25NO2S/c1-5-16-15(3,11-17)10-12(2)19-14-9-7-6-8-13(14)18-4/h6-9,12,16-17H,5,10-11H2,1-4H3. The number of thioether (sulfide) groups is 1. The lowest BCUT2D eigenvalue weighted by molar-refractivity contribution is 0.168. The Balaban J connectivity index is 2.66. The van der Waals surface area contributed by atoms with Gasteiger partial charge in [-0.2, -0.15) is 0 Å². The predicted octanol–water partition coefficient (Wildman–Crippen LogP) is 2.93. The molecule has 0 amide bonds. The van der Waals surface area contributed by atoms with Crippen molar-refractivity contribution in [3.8, 4) is 5.75 Å². The van der Waals surface area contributed by atoms with Crippen LogP contribution in [0.25, 0.3) is 0 Å². The summed E-state index contributed by atoms with van der Waals surface area (Å²) in [5.74, 6) is 0.911. The number of para-hydroxylation sites is 1. The Morgan fingerprint density at radius 2 is 2.11 bits per heavy atom. The van der Waals surface area contributed by atoms with Gasteiger partial charge in [-0.15, -0.1) is 11.8 Å². The molecule has 0 aromatic heterocycles. The van der Waals surface area contributed by atoms with Gasteiger partial charge in [0, 0.05) is 15.7 Å². The zero-order valence-electron chi connectivity index (χ0n) is 12.3. The molecule has 0 bridgehead atoms. The van der Waals surface area contributed by atoms with Gasteiger partial charge in [-0.25, -0.2) is 0 Å². The van der Waals surface area contributed by atoms with E-state index in [4.69, 9.17) is 4.74 Å². The number of nitrogens with one attached hydrogen (secondary N) is 1. The molecule has 0 saturated carbocycles. The van der Waals surface area contributed by atoms with Crippen molar-refractivity contribution in [2.75, 3.05) is 20.3 Å². The molecule has 1 aromatic rings. The van der Waals surface area contributed by atoms with E-state index in [1.54, 1.807) is 18.9 Å². The molecule has 108 valence electrons. The van der Waals surface area contributed by atoms with E-state index in [-0.39, 0.29) is 12.1 Å². The summed E-state index contributed by atoms with van der Waals surface area (Å²) in [6, 6.07) is 8.05. The fourth-order valence-corrected chi connectivity index (χ4v) is 3.54. The van der Waals surface area contributed by atoms with Crippen molar-refractivity contribution < 1.29 is 9.84 Å². The molecule has 2 atom stereocenters. The molecule has 0 saturated heterocycles. The van der Waals surface area contributed by atoms with E-state index in [0.29, 0.717) is 5.25 Å². The van der Waals surface area contributed by atoms with Crippen LogP contribution in [0, 0.1) is 0 Å². The van der Waals surface area contributed by atoms with Crippen LogP contribution in [0.5, 0.6) is 5.75 Å². The van der Waals surface area contributed by atoms with Crippen LogP contribution in [0.2, 0.25) is 0 Å². The second-order valence-corrected chi connectivity index (χ2v) is 6.51. The van der Waals surface area contributed by atoms with Gasteiger partial charge < -0.3 is 15.2 Å². The highest BCUT2D eigenvalue weighted by atomic mass is 32.2. The second-order valence-electron chi connectivity index (χ2n) is 5.03. The van der Waals surface area contributed by atoms with Gasteiger partial charge in [0.2, 0.25) is 0 Å². The average molecular weight is 283 g/mol. The first-order valence-corrected chi connectivity index (χ1v) is 7.58. The maximum absolute atomic E-state index is 9.54. The minimum absolute atomic E-state index is 0.150. The lowest BCUT2D eigenvalue weighted by atomic mass is 9.97. The predicted molar refractivity (Wildman–Crippen MR) is 82.1 cm³/mol. The highest BCUT2D eigenvalue weighted by Crippen LogP contribution is 2.34. The molecule has 1 rings (SSSR count). The summed E-state index contributed by atoms with van der Waals surface area (Å²) >= 11 is 1.79. The summed E-state index contributed by atoms with van der Waals surface area (Å²) in [5.41, 5.74) is -0.219. The fourth-order valence-electron chi connectivity index (χ4n) is 2.23. The first-order chi connectivity index (χ1) is 9.04. The molecular formula is C15H25NO2S. The third kappa shape index (κ3) is 5.05. The number of methoxy groups -OCH3 is 1. The molecule has 0 aliphatic heterocycles. The zero-order chi connectivity index (χ0) is 14.3. The van der Waals surface area contributed by atoms with Crippen molar-refractivity contribution in [2.24, 2.45) is 0 Å². The summed E-state index contributed by atoms with van der Waals surface area (Å²) in [6.45, 7) is 7.32. The number of aliphatic hydroxyl groups is 1. The van der Waals surface area contributed by atoms with E-state index < -0.39 is 0 Å². The molecule has 0 radical (unpaired) electrons. The number of likely N-dealkylation sites (N-methyl/N-ethyl adjacent to an activating group) is 1. The van der Waals surface area contributed by atoms with Crippen LogP contribution in [0.15, 0.2) is 29.2 Å². The van der Waals surface area contributed by atoms with Gasteiger partial charge in [0.25, 0.3) is 0 Å². The van der Waals surface area contributed by atoms with Gasteiger partial charge in [-0.3, -0.25) is 0 Å². The minimum atomic E-state index is -0.219. The average Bonchev–Trinajstić information content (AvgIpc) is 2.39. The third-order valence-corrected chi connectivity index (χ3v) is 4.25. The molecule has 2 N–H and O–H groups in total. The van der Waals surface area contributed by atoms with Gasteiger partial charge in [0.1, 0.15) is 5.75 Å². The summed E-state index contributed by atoms with van der Waals surface area (Å²) in [6.07, 6.45) is 0.903. The minimum Gasteiger partial charge on any atom is -0.496 e. The maximum atomic E-state index is 9.54. The number of rotatable bonds is 8. The number of benzene rings is 1. The number of aliphatic hydroxyl groups excluding tert-OH is 1. The molecule has 0 heterocycles. The maximum Gasteiger partial charge on any atom is 0.132 e. The van der Waals surface area contributed by atoms with Crippen molar-refractivity contribution in [3.05, 3.63) is 24.3 Å². The topological polar surface area (TPSA) is 41.5 Å². The van der Waals surface area contributed by atoms with Crippen LogP contribution < -0.4 is 10.1 Å². The van der Waals surface area contributed by atoms with Gasteiger partial charge in [0.05, 0.1) is 13.7 Å². The molecule has 4 heteroatoms. The third-order valence-electron chi connectivity index (χ3n) is 3.09. The summed E-state index contributed by atoms with van der Waals surface area (Å²) in [7, 11) is 1.69. The highest BCUT2D eigenvalue weighted by Gasteiger charge is 2.25. The van der Waals surface area contributed by atoms with E-state index in [1.807, 2.05) is 18.2 Å². The van der Waals surface area contributed by atoms with Gasteiger partial charge in [0.15, 0.2) is 0 Å². The molecule has 3 nitrogen and oxygen atoms in total. The second kappa shape index (κ2) is 7.78. The quantitative estimate of drug-likeness (QED) is 0.720. The van der Waals surface area contributed by atoms with Crippen LogP contribution >= 0.6 is 11.8 Å². The van der Waals surface area contributed by atoms with E-state index in [9.17, 15) is 5.11 Å². The monoisotopic (exact) mass is 283 g/mol. The molecule has 0 aliphatic carbocycles. The van der Waals surface area contributed by atoms with Crippen molar-refractivity contribution >= 4 is 11.8 Å². The van der Waals surface area contributed by atoms with Crippen molar-refractivity contribution in [1.29, 1.82) is 0 Å². The summed E-state index contributed by atoms with van der Waals surface area (Å²) in [4.78, 5) is 1.15. The van der Waals surface area contributed by atoms with E-state index in [2.05, 4.69) is 32.2 Å². The van der Waals surface area contributed by atoms with Crippen LogP contribution in [0.3, 0.4) is 0 Å². The smallest absolute Gasteiger partial charge is 0.132 e. The molecule has 0 fully saturated rings. The van der Waals surface area contributed by atoms with E-state index in [1.165, 1.54) is 0 Å². The molecule has 1 aromatic carbocycles. The van der Waals surface area contributed by atoms with Crippen LogP contribution in [-0.2, 0) is 0 Å². The Labute approximate surface area is 120 Å². The number of hydrogen-bond donors (Lipinski definition) is 2. The number of hydrogen-bond acceptors (Lipinski definition) is 4. The zero-order valence-corrected chi connectivity index (χ0v) is 13.1. The summed E-state index contributed by atoms with van der Waals surface area (Å²) < 4.78 is 5.36. The van der Waals surface area contributed by atoms with Crippen molar-refractivity contribution in [2.45, 2.75) is 42.9 Å². The molecule has 0 aliphatic rings. The Hall–Kier alpha value is -0.710. The van der Waals surface area contributed by atoms with Crippen LogP contribution in [0.4, 0.5) is 0 Å². The normalized spacial score (nSPS) is 15.8. The molecule has 0 spiro atoms. The summed E-state index contributed by atoms with van der Waals surface area (Å²) in [5, 5.41) is 13.3. The Kier molecular flexibility index (Phi) is 6.69. The van der Waals surface area contributed by atoms with Crippen LogP contribution in [0.1, 0.15) is 27.2 Å². The Bertz CT molecular complexity index is 386. The lowest BCUT2D eigenvalue weighted by Crippen LogP contribution is -2.47. The molecular weight excluding hydrogens is 258 g/mol. The molecule has 19 heavy (non-hydrogen) atoms. The van der Waals surface area contributed by atoms with Crippen molar-refractivity contribution in [3.63, 3.8) is 0 Å². The van der Waals surface area contributed by atoms with Gasteiger partial charge >= 0.3 is 0 Å². The van der Waals surface area contributed by atoms with E-state index in [0.717, 1.165) is 23.6 Å². The van der Waals surface area contributed by atoms with Gasteiger partial charge in [-0.1, -0.05) is 26.0 Å². The highest BCUT2D eigenvalue weighted by molar-refractivity contribution is 8.00. The van der Waals surface area contributed by atoms with Crippen LogP contribution in [-0.4, -0.2) is 36.2 Å². The first-order valence-electron chi connectivity index (χ1n) is 6.70. The Morgan fingerprint density at radius 1 is 1.42 bits per heavy atom. The Morgan fingerprint density at radius 3 is 2.68 bits per heavy atom. The van der Waals surface area contributed by atoms with Gasteiger partial charge in [-0.05, 0) is 32.0 Å². The molecule has 2 unspecified atom stereocenters. The SMILES string of the molecule is CCNC(C)(CO)CC(C)Sc1ccccc1OC. The lowest BCUT2D eigenvalue weighted by Gasteiger charge is -2.31. The van der Waals surface area contributed by atoms with E-state index >= 15 is 0 Å².